The molecular weight excluding hydrogens is 231 g/mol. The van der Waals surface area contributed by atoms with Crippen LogP contribution in [0.25, 0.3) is 0 Å². The van der Waals surface area contributed by atoms with Crippen molar-refractivity contribution in [2.75, 3.05) is 24.5 Å². The van der Waals surface area contributed by atoms with E-state index >= 15 is 0 Å². The second-order valence-corrected chi connectivity index (χ2v) is 4.82. The number of nitrogens with zero attached hydrogens (tertiary/aromatic N) is 3. The number of halogens is 1. The van der Waals surface area contributed by atoms with Gasteiger partial charge in [0.15, 0.2) is 11.6 Å². The van der Waals surface area contributed by atoms with Gasteiger partial charge in [0.25, 0.3) is 0 Å². The molecule has 2 heterocycles. The molecule has 1 saturated heterocycles. The van der Waals surface area contributed by atoms with Crippen LogP contribution in [0.15, 0.2) is 6.33 Å². The lowest BCUT2D eigenvalue weighted by atomic mass is 9.93. The average molecular weight is 252 g/mol. The van der Waals surface area contributed by atoms with Crippen LogP contribution in [-0.2, 0) is 6.42 Å². The molecule has 5 heteroatoms. The first kappa shape index (κ1) is 13.2. The Bertz CT molecular complexity index is 389. The number of rotatable bonds is 4. The van der Waals surface area contributed by atoms with Crippen molar-refractivity contribution in [3.63, 3.8) is 0 Å². The van der Waals surface area contributed by atoms with E-state index in [4.69, 9.17) is 5.73 Å². The van der Waals surface area contributed by atoms with Crippen LogP contribution in [-0.4, -0.2) is 29.6 Å². The van der Waals surface area contributed by atoms with Crippen molar-refractivity contribution < 1.29 is 4.39 Å². The summed E-state index contributed by atoms with van der Waals surface area (Å²) in [4.78, 5) is 10.1. The molecule has 100 valence electrons. The van der Waals surface area contributed by atoms with Gasteiger partial charge in [-0.25, -0.2) is 14.4 Å². The van der Waals surface area contributed by atoms with Crippen LogP contribution in [0.2, 0.25) is 0 Å². The molecule has 1 aliphatic heterocycles. The third-order valence-corrected chi connectivity index (χ3v) is 3.67. The Hall–Kier alpha value is -1.23. The number of aryl methyl sites for hydroxylation is 1. The average Bonchev–Trinajstić information content (AvgIpc) is 2.41. The summed E-state index contributed by atoms with van der Waals surface area (Å²) in [6, 6.07) is 0. The maximum absolute atomic E-state index is 14.1. The van der Waals surface area contributed by atoms with Crippen molar-refractivity contribution >= 4 is 5.82 Å². The van der Waals surface area contributed by atoms with Crippen LogP contribution in [0.1, 0.15) is 31.9 Å². The van der Waals surface area contributed by atoms with Crippen LogP contribution in [0.5, 0.6) is 0 Å². The quantitative estimate of drug-likeness (QED) is 0.887. The molecule has 1 fully saturated rings. The molecular formula is C13H21FN4. The molecule has 0 saturated carbocycles. The van der Waals surface area contributed by atoms with Gasteiger partial charge < -0.3 is 10.6 Å². The van der Waals surface area contributed by atoms with E-state index < -0.39 is 0 Å². The number of piperidine rings is 1. The van der Waals surface area contributed by atoms with Crippen LogP contribution in [0, 0.1) is 11.7 Å². The fraction of sp³-hybridized carbons (Fsp3) is 0.692. The molecule has 18 heavy (non-hydrogen) atoms. The summed E-state index contributed by atoms with van der Waals surface area (Å²) in [7, 11) is 0. The first-order chi connectivity index (χ1) is 8.76. The van der Waals surface area contributed by atoms with E-state index in [1.54, 1.807) is 0 Å². The van der Waals surface area contributed by atoms with E-state index in [-0.39, 0.29) is 5.82 Å². The molecule has 2 N–H and O–H groups in total. The lowest BCUT2D eigenvalue weighted by molar-refractivity contribution is 0.382. The molecule has 0 unspecified atom stereocenters. The van der Waals surface area contributed by atoms with Crippen LogP contribution in [0.4, 0.5) is 10.2 Å². The Morgan fingerprint density at radius 1 is 1.39 bits per heavy atom. The molecule has 0 radical (unpaired) electrons. The summed E-state index contributed by atoms with van der Waals surface area (Å²) in [5, 5.41) is 0. The van der Waals surface area contributed by atoms with Gasteiger partial charge in [0, 0.05) is 13.1 Å². The Kier molecular flexibility index (Phi) is 4.47. The van der Waals surface area contributed by atoms with E-state index in [1.165, 1.54) is 6.33 Å². The van der Waals surface area contributed by atoms with Crippen LogP contribution in [0.3, 0.4) is 0 Å². The SMILES string of the molecule is CCc1ncnc(N2CCC(CCN)CC2)c1F. The number of aromatic nitrogens is 2. The number of hydrogen-bond donors (Lipinski definition) is 1. The minimum atomic E-state index is -0.253. The molecule has 0 bridgehead atoms. The van der Waals surface area contributed by atoms with Crippen molar-refractivity contribution in [1.29, 1.82) is 0 Å². The monoisotopic (exact) mass is 252 g/mol. The fourth-order valence-electron chi connectivity index (χ4n) is 2.53. The summed E-state index contributed by atoms with van der Waals surface area (Å²) in [6.07, 6.45) is 5.28. The highest BCUT2D eigenvalue weighted by molar-refractivity contribution is 5.41. The Morgan fingerprint density at radius 3 is 2.72 bits per heavy atom. The van der Waals surface area contributed by atoms with E-state index in [1.807, 2.05) is 11.8 Å². The third-order valence-electron chi connectivity index (χ3n) is 3.67. The summed E-state index contributed by atoms with van der Waals surface area (Å²) >= 11 is 0. The van der Waals surface area contributed by atoms with E-state index in [2.05, 4.69) is 9.97 Å². The van der Waals surface area contributed by atoms with Crippen LogP contribution >= 0.6 is 0 Å². The second kappa shape index (κ2) is 6.09. The van der Waals surface area contributed by atoms with Gasteiger partial charge in [-0.2, -0.15) is 0 Å². The lowest BCUT2D eigenvalue weighted by Crippen LogP contribution is -2.35. The molecule has 4 nitrogen and oxygen atoms in total. The van der Waals surface area contributed by atoms with Gasteiger partial charge in [0.05, 0.1) is 5.69 Å². The van der Waals surface area contributed by atoms with Gasteiger partial charge in [-0.05, 0) is 38.1 Å². The summed E-state index contributed by atoms with van der Waals surface area (Å²) in [5.74, 6) is 0.895. The minimum Gasteiger partial charge on any atom is -0.354 e. The number of nitrogens with two attached hydrogens (primary N) is 1. The molecule has 0 aromatic carbocycles. The van der Waals surface area contributed by atoms with Gasteiger partial charge in [-0.1, -0.05) is 6.92 Å². The Balaban J connectivity index is 2.05. The predicted molar refractivity (Wildman–Crippen MR) is 70.0 cm³/mol. The van der Waals surface area contributed by atoms with Gasteiger partial charge >= 0.3 is 0 Å². The molecule has 0 amide bonds. The van der Waals surface area contributed by atoms with E-state index in [0.717, 1.165) is 38.9 Å². The van der Waals surface area contributed by atoms with Gasteiger partial charge in [0.2, 0.25) is 0 Å². The highest BCUT2D eigenvalue weighted by Crippen LogP contribution is 2.25. The number of hydrogen-bond acceptors (Lipinski definition) is 4. The standard InChI is InChI=1S/C13H21FN4/c1-2-11-12(14)13(17-9-16-11)18-7-4-10(3-6-15)5-8-18/h9-10H,2-8,15H2,1H3. The number of anilines is 1. The van der Waals surface area contributed by atoms with Crippen molar-refractivity contribution in [3.8, 4) is 0 Å². The normalized spacial score (nSPS) is 17.2. The highest BCUT2D eigenvalue weighted by Gasteiger charge is 2.22. The maximum Gasteiger partial charge on any atom is 0.187 e. The zero-order chi connectivity index (χ0) is 13.0. The first-order valence-corrected chi connectivity index (χ1v) is 6.70. The first-order valence-electron chi connectivity index (χ1n) is 6.70. The molecule has 1 aliphatic rings. The Labute approximate surface area is 107 Å². The molecule has 0 spiro atoms. The zero-order valence-corrected chi connectivity index (χ0v) is 10.9. The second-order valence-electron chi connectivity index (χ2n) is 4.82. The third kappa shape index (κ3) is 2.77. The topological polar surface area (TPSA) is 55.0 Å². The largest absolute Gasteiger partial charge is 0.354 e. The Morgan fingerprint density at radius 2 is 2.11 bits per heavy atom. The lowest BCUT2D eigenvalue weighted by Gasteiger charge is -2.32. The summed E-state index contributed by atoms with van der Waals surface area (Å²) in [6.45, 7) is 4.37. The molecule has 1 aromatic heterocycles. The minimum absolute atomic E-state index is 0.253. The molecule has 0 atom stereocenters. The van der Waals surface area contributed by atoms with Gasteiger partial charge in [0.1, 0.15) is 6.33 Å². The highest BCUT2D eigenvalue weighted by atomic mass is 19.1. The van der Waals surface area contributed by atoms with Crippen LogP contribution < -0.4 is 10.6 Å². The maximum atomic E-state index is 14.1. The molecule has 2 rings (SSSR count). The summed E-state index contributed by atoms with van der Waals surface area (Å²) in [5.41, 5.74) is 6.08. The zero-order valence-electron chi connectivity index (χ0n) is 10.9. The van der Waals surface area contributed by atoms with Crippen molar-refractivity contribution in [1.82, 2.24) is 9.97 Å². The van der Waals surface area contributed by atoms with E-state index in [9.17, 15) is 4.39 Å². The smallest absolute Gasteiger partial charge is 0.187 e. The van der Waals surface area contributed by atoms with Gasteiger partial charge in [-0.15, -0.1) is 0 Å². The molecule has 1 aromatic rings. The van der Waals surface area contributed by atoms with Crippen molar-refractivity contribution in [2.24, 2.45) is 11.7 Å². The molecule has 0 aliphatic carbocycles. The van der Waals surface area contributed by atoms with Crippen molar-refractivity contribution in [3.05, 3.63) is 17.8 Å². The van der Waals surface area contributed by atoms with Gasteiger partial charge in [-0.3, -0.25) is 0 Å². The predicted octanol–water partition coefficient (Wildman–Crippen LogP) is 1.74. The van der Waals surface area contributed by atoms with E-state index in [0.29, 0.717) is 23.9 Å². The van der Waals surface area contributed by atoms with Crippen molar-refractivity contribution in [2.45, 2.75) is 32.6 Å². The summed E-state index contributed by atoms with van der Waals surface area (Å²) < 4.78 is 14.1. The fourth-order valence-corrected chi connectivity index (χ4v) is 2.53.